The van der Waals surface area contributed by atoms with Crippen LogP contribution >= 0.6 is 11.6 Å². The Hall–Kier alpha value is -2.12. The normalized spacial score (nSPS) is 11.2. The van der Waals surface area contributed by atoms with Crippen LogP contribution in [-0.4, -0.2) is 33.7 Å². The number of amides is 1. The number of hydrogen-bond donors (Lipinski definition) is 1. The second-order valence-corrected chi connectivity index (χ2v) is 7.78. The van der Waals surface area contributed by atoms with Crippen molar-refractivity contribution in [3.63, 3.8) is 0 Å². The monoisotopic (exact) mass is 384 g/mol. The van der Waals surface area contributed by atoms with Crippen molar-refractivity contribution in [2.75, 3.05) is 23.7 Å². The number of carbonyl (C=O) groups is 1. The van der Waals surface area contributed by atoms with Crippen LogP contribution in [0.5, 0.6) is 0 Å². The topological polar surface area (TPSA) is 66.5 Å². The van der Waals surface area contributed by atoms with Gasteiger partial charge in [-0.1, -0.05) is 35.9 Å². The summed E-state index contributed by atoms with van der Waals surface area (Å²) in [4.78, 5) is 12.1. The summed E-state index contributed by atoms with van der Waals surface area (Å²) in [5.74, 6) is -0.824. The number of halogens is 2. The Morgan fingerprint density at radius 1 is 1.20 bits per heavy atom. The molecule has 0 aliphatic heterocycles. The predicted octanol–water partition coefficient (Wildman–Crippen LogP) is 2.60. The fourth-order valence-corrected chi connectivity index (χ4v) is 3.29. The number of anilines is 1. The number of rotatable bonds is 7. The van der Waals surface area contributed by atoms with Crippen molar-refractivity contribution in [2.24, 2.45) is 0 Å². The van der Waals surface area contributed by atoms with Gasteiger partial charge in [-0.2, -0.15) is 0 Å². The van der Waals surface area contributed by atoms with E-state index in [0.717, 1.165) is 10.6 Å². The van der Waals surface area contributed by atoms with E-state index in [1.54, 1.807) is 36.4 Å². The van der Waals surface area contributed by atoms with Crippen LogP contribution in [0.25, 0.3) is 0 Å². The molecule has 5 nitrogen and oxygen atoms in total. The fraction of sp³-hybridized carbons (Fsp3) is 0.235. The SMILES string of the molecule is CS(=O)(=O)N(CC(=O)NCCc1ccccc1F)c1cccc(Cl)c1. The lowest BCUT2D eigenvalue weighted by molar-refractivity contribution is -0.119. The Balaban J connectivity index is 1.99. The van der Waals surface area contributed by atoms with Gasteiger partial charge in [0, 0.05) is 11.6 Å². The minimum absolute atomic E-state index is 0.201. The second kappa shape index (κ2) is 8.31. The van der Waals surface area contributed by atoms with E-state index in [2.05, 4.69) is 5.32 Å². The average Bonchev–Trinajstić information content (AvgIpc) is 2.53. The lowest BCUT2D eigenvalue weighted by Gasteiger charge is -2.22. The maximum atomic E-state index is 13.5. The molecule has 0 aromatic heterocycles. The maximum Gasteiger partial charge on any atom is 0.240 e. The van der Waals surface area contributed by atoms with Crippen LogP contribution in [0.15, 0.2) is 48.5 Å². The summed E-state index contributed by atoms with van der Waals surface area (Å²) in [6, 6.07) is 12.5. The van der Waals surface area contributed by atoms with Gasteiger partial charge in [-0.05, 0) is 36.2 Å². The van der Waals surface area contributed by atoms with Crippen LogP contribution in [0.2, 0.25) is 5.02 Å². The third kappa shape index (κ3) is 5.72. The Labute approximate surface area is 151 Å². The van der Waals surface area contributed by atoms with Crippen LogP contribution < -0.4 is 9.62 Å². The lowest BCUT2D eigenvalue weighted by Crippen LogP contribution is -2.41. The van der Waals surface area contributed by atoms with Crippen molar-refractivity contribution in [1.82, 2.24) is 5.32 Å². The molecule has 0 aliphatic carbocycles. The largest absolute Gasteiger partial charge is 0.354 e. The van der Waals surface area contributed by atoms with Crippen LogP contribution in [0.1, 0.15) is 5.56 Å². The van der Waals surface area contributed by atoms with Crippen molar-refractivity contribution in [2.45, 2.75) is 6.42 Å². The zero-order valence-corrected chi connectivity index (χ0v) is 15.1. The number of sulfonamides is 1. The molecule has 1 N–H and O–H groups in total. The molecular weight excluding hydrogens is 367 g/mol. The maximum absolute atomic E-state index is 13.5. The van der Waals surface area contributed by atoms with E-state index >= 15 is 0 Å². The molecule has 2 rings (SSSR count). The van der Waals surface area contributed by atoms with Crippen LogP contribution in [-0.2, 0) is 21.2 Å². The van der Waals surface area contributed by atoms with E-state index in [-0.39, 0.29) is 18.9 Å². The average molecular weight is 385 g/mol. The summed E-state index contributed by atoms with van der Waals surface area (Å²) in [6.45, 7) is -0.177. The zero-order chi connectivity index (χ0) is 18.4. The molecule has 0 unspecified atom stereocenters. The highest BCUT2D eigenvalue weighted by Crippen LogP contribution is 2.21. The minimum Gasteiger partial charge on any atom is -0.354 e. The predicted molar refractivity (Wildman–Crippen MR) is 96.8 cm³/mol. The number of hydrogen-bond acceptors (Lipinski definition) is 3. The zero-order valence-electron chi connectivity index (χ0n) is 13.6. The quantitative estimate of drug-likeness (QED) is 0.798. The Morgan fingerprint density at radius 2 is 1.92 bits per heavy atom. The highest BCUT2D eigenvalue weighted by molar-refractivity contribution is 7.92. The van der Waals surface area contributed by atoms with Gasteiger partial charge in [0.05, 0.1) is 11.9 Å². The first-order valence-corrected chi connectivity index (χ1v) is 9.73. The molecule has 0 fully saturated rings. The molecule has 0 saturated carbocycles. The smallest absolute Gasteiger partial charge is 0.240 e. The van der Waals surface area contributed by atoms with Crippen molar-refractivity contribution in [1.29, 1.82) is 0 Å². The van der Waals surface area contributed by atoms with Gasteiger partial charge in [0.25, 0.3) is 0 Å². The molecule has 0 saturated heterocycles. The van der Waals surface area contributed by atoms with Gasteiger partial charge in [-0.15, -0.1) is 0 Å². The highest BCUT2D eigenvalue weighted by atomic mass is 35.5. The molecule has 0 aliphatic rings. The van der Waals surface area contributed by atoms with Gasteiger partial charge < -0.3 is 5.32 Å². The molecule has 0 spiro atoms. The van der Waals surface area contributed by atoms with Gasteiger partial charge in [0.1, 0.15) is 12.4 Å². The molecule has 134 valence electrons. The summed E-state index contributed by atoms with van der Waals surface area (Å²) in [5, 5.41) is 2.97. The standard InChI is InChI=1S/C17H18ClFN2O3S/c1-25(23,24)21(15-7-4-6-14(18)11-15)12-17(22)20-10-9-13-5-2-3-8-16(13)19/h2-8,11H,9-10,12H2,1H3,(H,20,22). The van der Waals surface area contributed by atoms with Gasteiger partial charge >= 0.3 is 0 Å². The van der Waals surface area contributed by atoms with Gasteiger partial charge in [-0.3, -0.25) is 9.10 Å². The summed E-state index contributed by atoms with van der Waals surface area (Å²) in [6.07, 6.45) is 1.33. The van der Waals surface area contributed by atoms with Crippen molar-refractivity contribution in [3.05, 3.63) is 64.9 Å². The molecular formula is C17H18ClFN2O3S. The fourth-order valence-electron chi connectivity index (χ4n) is 2.26. The van der Waals surface area contributed by atoms with E-state index in [1.807, 2.05) is 0 Å². The third-order valence-corrected chi connectivity index (χ3v) is 4.83. The van der Waals surface area contributed by atoms with Crippen LogP contribution in [0, 0.1) is 5.82 Å². The third-order valence-electron chi connectivity index (χ3n) is 3.46. The van der Waals surface area contributed by atoms with E-state index in [0.29, 0.717) is 22.7 Å². The van der Waals surface area contributed by atoms with Crippen molar-refractivity contribution in [3.8, 4) is 0 Å². The number of nitrogens with one attached hydrogen (secondary N) is 1. The molecule has 25 heavy (non-hydrogen) atoms. The minimum atomic E-state index is -3.66. The van der Waals surface area contributed by atoms with Crippen molar-refractivity contribution >= 4 is 33.2 Å². The molecule has 0 radical (unpaired) electrons. The van der Waals surface area contributed by atoms with Crippen LogP contribution in [0.3, 0.4) is 0 Å². The first-order valence-electron chi connectivity index (χ1n) is 7.51. The molecule has 1 amide bonds. The lowest BCUT2D eigenvalue weighted by atomic mass is 10.1. The summed E-state index contributed by atoms with van der Waals surface area (Å²) >= 11 is 5.88. The first-order chi connectivity index (χ1) is 11.8. The Bertz CT molecular complexity index is 858. The van der Waals surface area contributed by atoms with E-state index < -0.39 is 15.9 Å². The first kappa shape index (κ1) is 19.2. The number of benzene rings is 2. The summed E-state index contributed by atoms with van der Waals surface area (Å²) < 4.78 is 38.4. The van der Waals surface area contributed by atoms with Crippen LogP contribution in [0.4, 0.5) is 10.1 Å². The number of carbonyl (C=O) groups excluding carboxylic acids is 1. The van der Waals surface area contributed by atoms with Gasteiger partial charge in [-0.25, -0.2) is 12.8 Å². The van der Waals surface area contributed by atoms with Gasteiger partial charge in [0.15, 0.2) is 0 Å². The molecule has 8 heteroatoms. The van der Waals surface area contributed by atoms with E-state index in [4.69, 9.17) is 11.6 Å². The molecule has 0 heterocycles. The summed E-state index contributed by atoms with van der Waals surface area (Å²) in [7, 11) is -3.66. The molecule has 0 atom stereocenters. The second-order valence-electron chi connectivity index (χ2n) is 5.44. The number of nitrogens with zero attached hydrogens (tertiary/aromatic N) is 1. The van der Waals surface area contributed by atoms with E-state index in [1.165, 1.54) is 12.1 Å². The van der Waals surface area contributed by atoms with Crippen molar-refractivity contribution < 1.29 is 17.6 Å². The highest BCUT2D eigenvalue weighted by Gasteiger charge is 2.20. The molecule has 2 aromatic rings. The van der Waals surface area contributed by atoms with E-state index in [9.17, 15) is 17.6 Å². The molecule has 2 aromatic carbocycles. The Morgan fingerprint density at radius 3 is 2.56 bits per heavy atom. The summed E-state index contributed by atoms with van der Waals surface area (Å²) in [5.41, 5.74) is 0.789. The Kier molecular flexibility index (Phi) is 6.39. The van der Waals surface area contributed by atoms with Gasteiger partial charge in [0.2, 0.25) is 15.9 Å². The molecule has 0 bridgehead atoms.